The minimum absolute atomic E-state index is 0.400. The molecule has 5 heteroatoms. The number of aryl methyl sites for hydroxylation is 1. The molecular weight excluding hydrogens is 254 g/mol. The van der Waals surface area contributed by atoms with E-state index in [4.69, 9.17) is 4.74 Å². The van der Waals surface area contributed by atoms with Crippen LogP contribution >= 0.6 is 0 Å². The lowest BCUT2D eigenvalue weighted by Crippen LogP contribution is -2.18. The zero-order valence-electron chi connectivity index (χ0n) is 11.8. The summed E-state index contributed by atoms with van der Waals surface area (Å²) in [7, 11) is 0. The van der Waals surface area contributed by atoms with Crippen LogP contribution in [0.1, 0.15) is 41.9 Å². The highest BCUT2D eigenvalue weighted by Crippen LogP contribution is 2.37. The molecular formula is C15H19N3O2. The zero-order chi connectivity index (χ0) is 13.9. The van der Waals surface area contributed by atoms with Gasteiger partial charge in [0.05, 0.1) is 0 Å². The third-order valence-electron chi connectivity index (χ3n) is 3.79. The fourth-order valence-electron chi connectivity index (χ4n) is 2.74. The first kappa shape index (κ1) is 13.1. The van der Waals surface area contributed by atoms with E-state index in [1.165, 1.54) is 11.1 Å². The monoisotopic (exact) mass is 273 g/mol. The summed E-state index contributed by atoms with van der Waals surface area (Å²) in [6, 6.07) is 6.72. The molecule has 1 aromatic carbocycles. The molecule has 1 atom stereocenters. The molecule has 2 aromatic rings. The van der Waals surface area contributed by atoms with E-state index >= 15 is 0 Å². The molecule has 0 fully saturated rings. The van der Waals surface area contributed by atoms with Crippen LogP contribution in [0.25, 0.3) is 0 Å². The molecule has 1 aliphatic carbocycles. The number of rotatable bonds is 5. The van der Waals surface area contributed by atoms with Crippen LogP contribution in [0.4, 0.5) is 0 Å². The van der Waals surface area contributed by atoms with Gasteiger partial charge in [-0.25, -0.2) is 4.63 Å². The number of hydrogen-bond acceptors (Lipinski definition) is 5. The second-order valence-electron chi connectivity index (χ2n) is 5.06. The van der Waals surface area contributed by atoms with Gasteiger partial charge in [-0.2, -0.15) is 0 Å². The molecule has 5 nitrogen and oxygen atoms in total. The summed E-state index contributed by atoms with van der Waals surface area (Å²) in [5.74, 6) is 0.949. The fourth-order valence-corrected chi connectivity index (χ4v) is 2.74. The molecule has 0 aliphatic heterocycles. The summed E-state index contributed by atoms with van der Waals surface area (Å²) in [5, 5.41) is 11.1. The van der Waals surface area contributed by atoms with E-state index in [2.05, 4.69) is 39.3 Å². The largest absolute Gasteiger partial charge is 0.487 e. The van der Waals surface area contributed by atoms with Gasteiger partial charge in [0.1, 0.15) is 23.7 Å². The second kappa shape index (κ2) is 5.63. The lowest BCUT2D eigenvalue weighted by Gasteiger charge is -2.13. The van der Waals surface area contributed by atoms with Crippen molar-refractivity contribution in [3.8, 4) is 5.75 Å². The van der Waals surface area contributed by atoms with Crippen LogP contribution in [0.2, 0.25) is 0 Å². The Kier molecular flexibility index (Phi) is 3.69. The SMILES string of the molecule is CCNC1CCc2c(OCc3nonc3C)cccc21. The lowest BCUT2D eigenvalue weighted by molar-refractivity contribution is 0.268. The van der Waals surface area contributed by atoms with E-state index in [-0.39, 0.29) is 0 Å². The standard InChI is InChI=1S/C15H19N3O2/c1-3-16-13-8-7-12-11(13)5-4-6-15(12)19-9-14-10(2)17-20-18-14/h4-6,13,16H,3,7-9H2,1-2H3. The molecule has 3 rings (SSSR count). The smallest absolute Gasteiger partial charge is 0.145 e. The Hall–Kier alpha value is -1.88. The molecule has 0 amide bonds. The zero-order valence-corrected chi connectivity index (χ0v) is 11.8. The Bertz CT molecular complexity index is 595. The van der Waals surface area contributed by atoms with Crippen LogP contribution in [0, 0.1) is 6.92 Å². The predicted molar refractivity (Wildman–Crippen MR) is 74.5 cm³/mol. The molecule has 1 aromatic heterocycles. The van der Waals surface area contributed by atoms with Crippen molar-refractivity contribution in [3.05, 3.63) is 40.7 Å². The van der Waals surface area contributed by atoms with Crippen molar-refractivity contribution < 1.29 is 9.37 Å². The number of hydrogen-bond donors (Lipinski definition) is 1. The lowest BCUT2D eigenvalue weighted by atomic mass is 10.1. The molecule has 0 bridgehead atoms. The van der Waals surface area contributed by atoms with Gasteiger partial charge in [-0.15, -0.1) is 0 Å². The van der Waals surface area contributed by atoms with Gasteiger partial charge in [0.2, 0.25) is 0 Å². The maximum absolute atomic E-state index is 5.91. The van der Waals surface area contributed by atoms with Crippen LogP contribution in [-0.4, -0.2) is 16.9 Å². The Morgan fingerprint density at radius 2 is 2.30 bits per heavy atom. The molecule has 0 saturated heterocycles. The molecule has 20 heavy (non-hydrogen) atoms. The summed E-state index contributed by atoms with van der Waals surface area (Å²) in [4.78, 5) is 0. The Balaban J connectivity index is 1.77. The Labute approximate surface area is 118 Å². The summed E-state index contributed by atoms with van der Waals surface area (Å²) in [5.41, 5.74) is 4.21. The number of aromatic nitrogens is 2. The molecule has 0 saturated carbocycles. The summed E-state index contributed by atoms with van der Waals surface area (Å²) >= 11 is 0. The first-order valence-electron chi connectivity index (χ1n) is 7.05. The summed E-state index contributed by atoms with van der Waals surface area (Å²) in [6.45, 7) is 5.39. The highest BCUT2D eigenvalue weighted by atomic mass is 16.6. The first-order valence-corrected chi connectivity index (χ1v) is 7.05. The number of ether oxygens (including phenoxy) is 1. The van der Waals surface area contributed by atoms with E-state index in [0.29, 0.717) is 12.6 Å². The van der Waals surface area contributed by atoms with Crippen molar-refractivity contribution in [1.29, 1.82) is 0 Å². The molecule has 0 spiro atoms. The van der Waals surface area contributed by atoms with Crippen molar-refractivity contribution in [2.45, 2.75) is 39.3 Å². The van der Waals surface area contributed by atoms with Gasteiger partial charge >= 0.3 is 0 Å². The van der Waals surface area contributed by atoms with Crippen molar-refractivity contribution >= 4 is 0 Å². The average molecular weight is 273 g/mol. The van der Waals surface area contributed by atoms with Crippen LogP contribution in [-0.2, 0) is 13.0 Å². The van der Waals surface area contributed by atoms with Crippen LogP contribution in [0.15, 0.2) is 22.8 Å². The van der Waals surface area contributed by atoms with Crippen LogP contribution in [0.3, 0.4) is 0 Å². The van der Waals surface area contributed by atoms with E-state index in [1.54, 1.807) is 0 Å². The maximum atomic E-state index is 5.91. The minimum atomic E-state index is 0.400. The highest BCUT2D eigenvalue weighted by molar-refractivity contribution is 5.45. The minimum Gasteiger partial charge on any atom is -0.487 e. The number of benzene rings is 1. The summed E-state index contributed by atoms with van der Waals surface area (Å²) in [6.07, 6.45) is 2.19. The van der Waals surface area contributed by atoms with Crippen LogP contribution in [0.5, 0.6) is 5.75 Å². The second-order valence-corrected chi connectivity index (χ2v) is 5.06. The quantitative estimate of drug-likeness (QED) is 0.907. The topological polar surface area (TPSA) is 60.2 Å². The highest BCUT2D eigenvalue weighted by Gasteiger charge is 2.24. The van der Waals surface area contributed by atoms with Gasteiger partial charge in [-0.05, 0) is 43.5 Å². The van der Waals surface area contributed by atoms with Gasteiger partial charge in [0.15, 0.2) is 0 Å². The molecule has 0 radical (unpaired) electrons. The van der Waals surface area contributed by atoms with Gasteiger partial charge in [-0.1, -0.05) is 29.4 Å². The van der Waals surface area contributed by atoms with E-state index < -0.39 is 0 Å². The molecule has 1 N–H and O–H groups in total. The van der Waals surface area contributed by atoms with Crippen molar-refractivity contribution in [1.82, 2.24) is 15.6 Å². The average Bonchev–Trinajstić information content (AvgIpc) is 3.04. The van der Waals surface area contributed by atoms with Gasteiger partial charge in [-0.3, -0.25) is 0 Å². The molecule has 106 valence electrons. The third kappa shape index (κ3) is 2.41. The first-order chi connectivity index (χ1) is 9.79. The molecule has 1 aliphatic rings. The molecule has 1 heterocycles. The predicted octanol–water partition coefficient (Wildman–Crippen LogP) is 2.55. The van der Waals surface area contributed by atoms with E-state index in [0.717, 1.165) is 36.5 Å². The fraction of sp³-hybridized carbons (Fsp3) is 0.467. The van der Waals surface area contributed by atoms with Gasteiger partial charge in [0.25, 0.3) is 0 Å². The Morgan fingerprint density at radius 3 is 3.05 bits per heavy atom. The van der Waals surface area contributed by atoms with Gasteiger partial charge in [0, 0.05) is 6.04 Å². The van der Waals surface area contributed by atoms with Crippen molar-refractivity contribution in [3.63, 3.8) is 0 Å². The number of fused-ring (bicyclic) bond motifs is 1. The van der Waals surface area contributed by atoms with E-state index in [9.17, 15) is 0 Å². The van der Waals surface area contributed by atoms with Gasteiger partial charge < -0.3 is 10.1 Å². The number of nitrogens with one attached hydrogen (secondary N) is 1. The third-order valence-corrected chi connectivity index (χ3v) is 3.79. The van der Waals surface area contributed by atoms with Crippen LogP contribution < -0.4 is 10.1 Å². The normalized spacial score (nSPS) is 17.2. The maximum Gasteiger partial charge on any atom is 0.145 e. The van der Waals surface area contributed by atoms with Crippen molar-refractivity contribution in [2.75, 3.05) is 6.54 Å². The number of nitrogens with zero attached hydrogens (tertiary/aromatic N) is 2. The van der Waals surface area contributed by atoms with Crippen molar-refractivity contribution in [2.24, 2.45) is 0 Å². The summed E-state index contributed by atoms with van der Waals surface area (Å²) < 4.78 is 10.6. The molecule has 1 unspecified atom stereocenters. The Morgan fingerprint density at radius 1 is 1.40 bits per heavy atom. The van der Waals surface area contributed by atoms with E-state index in [1.807, 2.05) is 13.0 Å².